The third-order valence-corrected chi connectivity index (χ3v) is 8.38. The third-order valence-electron chi connectivity index (χ3n) is 6.08. The molecule has 0 saturated carbocycles. The van der Waals surface area contributed by atoms with Gasteiger partial charge in [-0.25, -0.2) is 14.6 Å². The number of nitrogens with zero attached hydrogens (tertiary/aromatic N) is 7. The quantitative estimate of drug-likeness (QED) is 0.0932. The van der Waals surface area contributed by atoms with Gasteiger partial charge in [-0.15, -0.1) is 0 Å². The topological polar surface area (TPSA) is 203 Å². The summed E-state index contributed by atoms with van der Waals surface area (Å²) in [6.45, 7) is 9.33. The lowest BCUT2D eigenvalue weighted by molar-refractivity contribution is -0.179. The molecule has 1 unspecified atom stereocenters. The van der Waals surface area contributed by atoms with Crippen LogP contribution in [0, 0.1) is 12.8 Å². The molecule has 2 aromatic rings. The summed E-state index contributed by atoms with van der Waals surface area (Å²) in [7, 11) is 5.15. The van der Waals surface area contributed by atoms with E-state index in [0.717, 1.165) is 34.3 Å². The standard InChI is InChI=1S/C22H27BN8O8S2/c1-10-26-14(28-41-10)13(27-39-21(5,6)17(34)37-20(2,3)4)12(32)7-11-15(33)29-8-22(18(35)38-23,40-16(11)29)31-19(36)30(24)9-25-31/h9,11,16H,7-8,24H2,1-6H3/b27-13+/t11?,16-,22-/m1/s1. The predicted molar refractivity (Wildman–Crippen MR) is 145 cm³/mol. The minimum Gasteiger partial charge on any atom is -0.541 e. The summed E-state index contributed by atoms with van der Waals surface area (Å²) in [5.74, 6) is 1.74. The van der Waals surface area contributed by atoms with Gasteiger partial charge in [-0.2, -0.15) is 18.8 Å². The number of rotatable bonds is 9. The van der Waals surface area contributed by atoms with Gasteiger partial charge in [-0.05, 0) is 53.1 Å². The molecule has 2 aliphatic heterocycles. The number of aryl methyl sites for hydroxylation is 1. The zero-order valence-corrected chi connectivity index (χ0v) is 24.6. The first-order valence-electron chi connectivity index (χ1n) is 12.2. The maximum atomic E-state index is 13.5. The fraction of sp³-hybridized carbons (Fsp3) is 0.591. The number of hydrogen-bond acceptors (Lipinski definition) is 15. The molecule has 2 saturated heterocycles. The molecule has 2 fully saturated rings. The second-order valence-electron chi connectivity index (χ2n) is 10.8. The number of ketones is 1. The summed E-state index contributed by atoms with van der Waals surface area (Å²) < 4.78 is 15.4. The third kappa shape index (κ3) is 5.59. The minimum absolute atomic E-state index is 0.0405. The van der Waals surface area contributed by atoms with Crippen LogP contribution in [0.2, 0.25) is 0 Å². The van der Waals surface area contributed by atoms with Crippen LogP contribution >= 0.6 is 23.3 Å². The molecule has 41 heavy (non-hydrogen) atoms. The van der Waals surface area contributed by atoms with Crippen LogP contribution in [-0.2, 0) is 38.3 Å². The molecule has 0 spiro atoms. The van der Waals surface area contributed by atoms with Crippen molar-refractivity contribution in [2.75, 3.05) is 12.4 Å². The molecular formula is C22H27BN8O8S2. The summed E-state index contributed by atoms with van der Waals surface area (Å²) in [6, 6.07) is 0. The Morgan fingerprint density at radius 1 is 1.24 bits per heavy atom. The molecule has 0 bridgehead atoms. The number of nitrogens with two attached hydrogens (primary N) is 1. The Hall–Kier alpha value is -3.74. The summed E-state index contributed by atoms with van der Waals surface area (Å²) >= 11 is 1.91. The molecule has 2 aromatic heterocycles. The Labute approximate surface area is 243 Å². The Morgan fingerprint density at radius 2 is 1.93 bits per heavy atom. The second kappa shape index (κ2) is 10.6. The number of Topliss-reactive ketones (excluding diaryl/α,β-unsaturated/α-hetero) is 1. The van der Waals surface area contributed by atoms with Crippen LogP contribution in [0.25, 0.3) is 0 Å². The van der Waals surface area contributed by atoms with E-state index in [-0.39, 0.29) is 24.5 Å². The number of thioether (sulfide) groups is 1. The highest BCUT2D eigenvalue weighted by molar-refractivity contribution is 8.01. The molecule has 3 atom stereocenters. The number of amides is 1. The predicted octanol–water partition coefficient (Wildman–Crippen LogP) is -0.770. The molecule has 4 heterocycles. The summed E-state index contributed by atoms with van der Waals surface area (Å²) in [4.78, 5) is 73.6. The normalized spacial score (nSPS) is 22.6. The highest BCUT2D eigenvalue weighted by atomic mass is 32.2. The van der Waals surface area contributed by atoms with Gasteiger partial charge in [0.25, 0.3) is 0 Å². The van der Waals surface area contributed by atoms with Crippen molar-refractivity contribution in [1.82, 2.24) is 28.7 Å². The van der Waals surface area contributed by atoms with E-state index in [0.29, 0.717) is 9.68 Å². The van der Waals surface area contributed by atoms with E-state index >= 15 is 0 Å². The molecule has 2 radical (unpaired) electrons. The van der Waals surface area contributed by atoms with E-state index in [1.807, 2.05) is 0 Å². The van der Waals surface area contributed by atoms with E-state index in [1.165, 1.54) is 18.7 Å². The minimum atomic E-state index is -1.82. The van der Waals surface area contributed by atoms with Gasteiger partial charge in [0, 0.05) is 6.42 Å². The van der Waals surface area contributed by atoms with Crippen LogP contribution in [0.1, 0.15) is 51.9 Å². The monoisotopic (exact) mass is 606 g/mol. The highest BCUT2D eigenvalue weighted by Gasteiger charge is 2.64. The first-order chi connectivity index (χ1) is 19.0. The van der Waals surface area contributed by atoms with Gasteiger partial charge in [-0.3, -0.25) is 14.4 Å². The zero-order valence-electron chi connectivity index (χ0n) is 23.0. The van der Waals surface area contributed by atoms with Gasteiger partial charge >= 0.3 is 25.7 Å². The highest BCUT2D eigenvalue weighted by Crippen LogP contribution is 2.52. The van der Waals surface area contributed by atoms with Crippen molar-refractivity contribution in [3.8, 4) is 0 Å². The maximum Gasteiger partial charge on any atom is 0.378 e. The lowest BCUT2D eigenvalue weighted by Gasteiger charge is -2.40. The molecule has 16 nitrogen and oxygen atoms in total. The fourth-order valence-electron chi connectivity index (χ4n) is 4.04. The number of esters is 1. The first kappa shape index (κ1) is 30.2. The van der Waals surface area contributed by atoms with Crippen molar-refractivity contribution >= 4 is 60.7 Å². The number of carbonyl (C=O) groups is 4. The average Bonchev–Trinajstić information content (AvgIpc) is 3.57. The molecule has 218 valence electrons. The number of fused-ring (bicyclic) bond motifs is 1. The van der Waals surface area contributed by atoms with Crippen molar-refractivity contribution in [2.24, 2.45) is 11.1 Å². The van der Waals surface area contributed by atoms with Crippen molar-refractivity contribution in [3.05, 3.63) is 27.6 Å². The van der Waals surface area contributed by atoms with Crippen molar-refractivity contribution in [3.63, 3.8) is 0 Å². The van der Waals surface area contributed by atoms with Crippen LogP contribution < -0.4 is 11.5 Å². The van der Waals surface area contributed by atoms with Crippen LogP contribution in [-0.4, -0.2) is 89.2 Å². The van der Waals surface area contributed by atoms with Gasteiger partial charge in [0.15, 0.2) is 17.3 Å². The SMILES string of the molecule is [B]OC(=O)[C@@]1(n2ncn(N)c2=O)CN2C(=O)C(CC(=O)/C(=N\OC(C)(C)C(=O)OC(C)(C)C)c3nsc(C)n3)[C@H]2S1. The number of β-lactam (4-membered cyclic amide) rings is 1. The van der Waals surface area contributed by atoms with Gasteiger partial charge in [0.05, 0.1) is 17.8 Å². The number of ether oxygens (including phenoxy) is 1. The molecule has 2 aliphatic rings. The Kier molecular flexibility index (Phi) is 7.81. The number of hydrogen-bond donors (Lipinski definition) is 1. The van der Waals surface area contributed by atoms with Crippen LogP contribution in [0.15, 0.2) is 16.3 Å². The fourth-order valence-corrected chi connectivity index (χ4v) is 6.18. The number of oxime groups is 1. The Bertz CT molecular complexity index is 1490. The maximum absolute atomic E-state index is 13.5. The van der Waals surface area contributed by atoms with Crippen LogP contribution in [0.4, 0.5) is 0 Å². The van der Waals surface area contributed by atoms with E-state index in [1.54, 1.807) is 27.7 Å². The van der Waals surface area contributed by atoms with Crippen LogP contribution in [0.3, 0.4) is 0 Å². The molecule has 0 aliphatic carbocycles. The van der Waals surface area contributed by atoms with E-state index in [2.05, 4.69) is 24.3 Å². The molecule has 1 amide bonds. The van der Waals surface area contributed by atoms with Gasteiger partial charge in [0.1, 0.15) is 16.9 Å². The second-order valence-corrected chi connectivity index (χ2v) is 13.2. The Balaban J connectivity index is 1.58. The number of nitrogen functional groups attached to an aromatic ring is 1. The Morgan fingerprint density at radius 3 is 2.46 bits per heavy atom. The van der Waals surface area contributed by atoms with Gasteiger partial charge in [-0.1, -0.05) is 16.9 Å². The van der Waals surface area contributed by atoms with E-state index in [4.69, 9.17) is 23.5 Å². The largest absolute Gasteiger partial charge is 0.541 e. The summed E-state index contributed by atoms with van der Waals surface area (Å²) in [5, 5.41) is 7.63. The van der Waals surface area contributed by atoms with Crippen molar-refractivity contribution in [1.29, 1.82) is 0 Å². The van der Waals surface area contributed by atoms with Crippen molar-refractivity contribution in [2.45, 2.75) is 69.4 Å². The number of carbonyl (C=O) groups excluding carboxylic acids is 4. The molecular weight excluding hydrogens is 579 g/mol. The summed E-state index contributed by atoms with van der Waals surface area (Å²) in [5.41, 5.74) is -3.50. The zero-order chi connectivity index (χ0) is 30.5. The molecule has 0 aromatic carbocycles. The molecule has 4 rings (SSSR count). The average molecular weight is 606 g/mol. The molecule has 19 heteroatoms. The first-order valence-corrected chi connectivity index (χ1v) is 13.8. The van der Waals surface area contributed by atoms with Crippen molar-refractivity contribution < 1.29 is 33.4 Å². The lowest BCUT2D eigenvalue weighted by Crippen LogP contribution is -2.58. The van der Waals surface area contributed by atoms with Crippen LogP contribution in [0.5, 0.6) is 0 Å². The smallest absolute Gasteiger partial charge is 0.378 e. The summed E-state index contributed by atoms with van der Waals surface area (Å²) in [6.07, 6.45) is 0.630. The molecule has 2 N–H and O–H groups in total. The van der Waals surface area contributed by atoms with Gasteiger partial charge in [0.2, 0.25) is 16.4 Å². The van der Waals surface area contributed by atoms with E-state index < -0.39 is 56.7 Å². The van der Waals surface area contributed by atoms with Gasteiger partial charge < -0.3 is 25.0 Å². The van der Waals surface area contributed by atoms with E-state index in [9.17, 15) is 24.0 Å². The lowest BCUT2D eigenvalue weighted by atomic mass is 9.90. The number of aromatic nitrogens is 5.